The molecule has 158 valence electrons. The number of hydrogen-bond acceptors (Lipinski definition) is 5. The molecule has 7 nitrogen and oxygen atoms in total. The first-order valence-corrected chi connectivity index (χ1v) is 9.54. The Hall–Kier alpha value is -3.61. The second kappa shape index (κ2) is 11.4. The molecule has 0 spiro atoms. The Morgan fingerprint density at radius 3 is 2.63 bits per heavy atom. The average Bonchev–Trinajstić information content (AvgIpc) is 2.73. The zero-order valence-corrected chi connectivity index (χ0v) is 17.5. The number of carbonyl (C=O) groups is 2. The van der Waals surface area contributed by atoms with Gasteiger partial charge in [0.25, 0.3) is 0 Å². The number of carbonyl (C=O) groups excluding carboxylic acids is 2. The topological polar surface area (TPSA) is 89.0 Å². The quantitative estimate of drug-likeness (QED) is 0.355. The van der Waals surface area contributed by atoms with Crippen molar-refractivity contribution in [3.63, 3.8) is 0 Å². The highest BCUT2D eigenvalue weighted by Gasteiger charge is 2.10. The lowest BCUT2D eigenvalue weighted by atomic mass is 10.1. The van der Waals surface area contributed by atoms with E-state index in [1.165, 1.54) is 6.21 Å². The summed E-state index contributed by atoms with van der Waals surface area (Å²) in [5.41, 5.74) is 5.84. The lowest BCUT2D eigenvalue weighted by Crippen LogP contribution is -2.21. The van der Waals surface area contributed by atoms with Gasteiger partial charge in [-0.25, -0.2) is 5.43 Å². The lowest BCUT2D eigenvalue weighted by molar-refractivity contribution is -0.124. The first kappa shape index (κ1) is 22.7. The van der Waals surface area contributed by atoms with E-state index in [9.17, 15) is 9.59 Å². The molecule has 0 radical (unpaired) electrons. The van der Waals surface area contributed by atoms with E-state index >= 15 is 0 Å². The van der Waals surface area contributed by atoms with Crippen molar-refractivity contribution in [2.75, 3.05) is 19.0 Å². The molecule has 0 heterocycles. The Bertz CT molecular complexity index is 938. The molecule has 2 rings (SSSR count). The van der Waals surface area contributed by atoms with Crippen molar-refractivity contribution in [3.8, 4) is 11.5 Å². The highest BCUT2D eigenvalue weighted by molar-refractivity contribution is 5.94. The van der Waals surface area contributed by atoms with E-state index in [1.807, 2.05) is 32.0 Å². The Morgan fingerprint density at radius 2 is 1.90 bits per heavy atom. The van der Waals surface area contributed by atoms with Crippen LogP contribution in [0.4, 0.5) is 5.69 Å². The smallest absolute Gasteiger partial charge is 0.240 e. The van der Waals surface area contributed by atoms with Gasteiger partial charge in [-0.3, -0.25) is 9.59 Å². The standard InChI is InChI=1S/C23H27N3O4/c1-5-13-30-23-18(7-6-8-20(23)29-4)15-24-26-22(28)12-11-21(27)25-19-14-16(2)9-10-17(19)3/h5-10,14-15H,1,11-13H2,2-4H3,(H,25,27)(H,26,28). The summed E-state index contributed by atoms with van der Waals surface area (Å²) in [4.78, 5) is 24.1. The van der Waals surface area contributed by atoms with E-state index in [2.05, 4.69) is 22.4 Å². The van der Waals surface area contributed by atoms with Crippen LogP contribution in [0.2, 0.25) is 0 Å². The van der Waals surface area contributed by atoms with Crippen molar-refractivity contribution < 1.29 is 19.1 Å². The van der Waals surface area contributed by atoms with Crippen molar-refractivity contribution in [1.82, 2.24) is 5.43 Å². The molecule has 2 aromatic rings. The predicted octanol–water partition coefficient (Wildman–Crippen LogP) is 3.75. The van der Waals surface area contributed by atoms with Gasteiger partial charge in [-0.05, 0) is 43.2 Å². The molecule has 0 fully saturated rings. The van der Waals surface area contributed by atoms with Crippen molar-refractivity contribution in [2.45, 2.75) is 26.7 Å². The van der Waals surface area contributed by atoms with Gasteiger partial charge in [0.05, 0.1) is 13.3 Å². The highest BCUT2D eigenvalue weighted by atomic mass is 16.5. The van der Waals surface area contributed by atoms with Gasteiger partial charge in [-0.2, -0.15) is 5.10 Å². The number of aryl methyl sites for hydroxylation is 2. The number of hydrogen-bond donors (Lipinski definition) is 2. The number of nitrogens with one attached hydrogen (secondary N) is 2. The van der Waals surface area contributed by atoms with Crippen molar-refractivity contribution in [2.24, 2.45) is 5.10 Å². The summed E-state index contributed by atoms with van der Waals surface area (Å²) >= 11 is 0. The van der Waals surface area contributed by atoms with Crippen LogP contribution in [0.15, 0.2) is 54.2 Å². The molecule has 0 saturated heterocycles. The van der Waals surface area contributed by atoms with Gasteiger partial charge in [-0.1, -0.05) is 30.9 Å². The minimum Gasteiger partial charge on any atom is -0.493 e. The van der Waals surface area contributed by atoms with Crippen LogP contribution in [0.1, 0.15) is 29.5 Å². The summed E-state index contributed by atoms with van der Waals surface area (Å²) in [7, 11) is 1.54. The number of methoxy groups -OCH3 is 1. The Labute approximate surface area is 176 Å². The number of amides is 2. The van der Waals surface area contributed by atoms with E-state index in [0.29, 0.717) is 23.7 Å². The number of benzene rings is 2. The number of ether oxygens (including phenoxy) is 2. The van der Waals surface area contributed by atoms with E-state index in [1.54, 1.807) is 31.4 Å². The zero-order chi connectivity index (χ0) is 21.9. The number of nitrogens with zero attached hydrogens (tertiary/aromatic N) is 1. The van der Waals surface area contributed by atoms with Gasteiger partial charge in [0.2, 0.25) is 11.8 Å². The SMILES string of the molecule is C=CCOc1c(C=NNC(=O)CCC(=O)Nc2cc(C)ccc2C)cccc1OC. The largest absolute Gasteiger partial charge is 0.493 e. The Balaban J connectivity index is 1.88. The summed E-state index contributed by atoms with van der Waals surface area (Å²) in [6.45, 7) is 7.81. The van der Waals surface area contributed by atoms with Crippen LogP contribution in [0.5, 0.6) is 11.5 Å². The molecule has 0 bridgehead atoms. The highest BCUT2D eigenvalue weighted by Crippen LogP contribution is 2.30. The molecule has 0 aliphatic heterocycles. The molecule has 2 aromatic carbocycles. The molecule has 0 unspecified atom stereocenters. The van der Waals surface area contributed by atoms with Gasteiger partial charge in [0, 0.05) is 24.1 Å². The minimum absolute atomic E-state index is 0.0198. The number of anilines is 1. The summed E-state index contributed by atoms with van der Waals surface area (Å²) in [6, 6.07) is 11.2. The third-order valence-electron chi connectivity index (χ3n) is 4.21. The molecule has 2 amide bonds. The van der Waals surface area contributed by atoms with Crippen LogP contribution in [-0.2, 0) is 9.59 Å². The molecular formula is C23H27N3O4. The van der Waals surface area contributed by atoms with Crippen LogP contribution in [0, 0.1) is 13.8 Å². The molecule has 0 saturated carbocycles. The van der Waals surface area contributed by atoms with Gasteiger partial charge in [0.1, 0.15) is 6.61 Å². The maximum Gasteiger partial charge on any atom is 0.240 e. The second-order valence-corrected chi connectivity index (χ2v) is 6.64. The predicted molar refractivity (Wildman–Crippen MR) is 118 cm³/mol. The van der Waals surface area contributed by atoms with Gasteiger partial charge < -0.3 is 14.8 Å². The van der Waals surface area contributed by atoms with E-state index < -0.39 is 0 Å². The summed E-state index contributed by atoms with van der Waals surface area (Å²) < 4.78 is 10.9. The molecule has 0 aromatic heterocycles. The van der Waals surface area contributed by atoms with Crippen molar-refractivity contribution in [1.29, 1.82) is 0 Å². The van der Waals surface area contributed by atoms with Crippen LogP contribution in [0.3, 0.4) is 0 Å². The molecule has 2 N–H and O–H groups in total. The lowest BCUT2D eigenvalue weighted by Gasteiger charge is -2.11. The van der Waals surface area contributed by atoms with E-state index in [-0.39, 0.29) is 24.7 Å². The molecule has 0 atom stereocenters. The first-order chi connectivity index (χ1) is 14.4. The fourth-order valence-corrected chi connectivity index (χ4v) is 2.63. The average molecular weight is 409 g/mol. The second-order valence-electron chi connectivity index (χ2n) is 6.64. The summed E-state index contributed by atoms with van der Waals surface area (Å²) in [5, 5.41) is 6.79. The normalized spacial score (nSPS) is 10.5. The third-order valence-corrected chi connectivity index (χ3v) is 4.21. The van der Waals surface area contributed by atoms with Crippen LogP contribution < -0.4 is 20.2 Å². The number of hydrazone groups is 1. The van der Waals surface area contributed by atoms with Crippen molar-refractivity contribution in [3.05, 3.63) is 65.7 Å². The number of para-hydroxylation sites is 1. The molecule has 0 aliphatic carbocycles. The van der Waals surface area contributed by atoms with E-state index in [4.69, 9.17) is 9.47 Å². The Kier molecular flexibility index (Phi) is 8.62. The Morgan fingerprint density at radius 1 is 1.13 bits per heavy atom. The fraction of sp³-hybridized carbons (Fsp3) is 0.261. The molecule has 30 heavy (non-hydrogen) atoms. The minimum atomic E-state index is -0.362. The molecule has 0 aliphatic rings. The summed E-state index contributed by atoms with van der Waals surface area (Å²) in [5.74, 6) is 0.468. The van der Waals surface area contributed by atoms with Gasteiger partial charge in [0.15, 0.2) is 11.5 Å². The zero-order valence-electron chi connectivity index (χ0n) is 17.5. The van der Waals surface area contributed by atoms with Crippen molar-refractivity contribution >= 4 is 23.7 Å². The molecular weight excluding hydrogens is 382 g/mol. The maximum atomic E-state index is 12.1. The van der Waals surface area contributed by atoms with Crippen LogP contribution in [0.25, 0.3) is 0 Å². The van der Waals surface area contributed by atoms with Crippen LogP contribution in [-0.4, -0.2) is 31.7 Å². The number of rotatable bonds is 10. The third kappa shape index (κ3) is 6.77. The van der Waals surface area contributed by atoms with E-state index in [0.717, 1.165) is 16.8 Å². The molecule has 7 heteroatoms. The van der Waals surface area contributed by atoms with Gasteiger partial charge >= 0.3 is 0 Å². The maximum absolute atomic E-state index is 12.1. The van der Waals surface area contributed by atoms with Crippen LogP contribution >= 0.6 is 0 Å². The summed E-state index contributed by atoms with van der Waals surface area (Å²) in [6.07, 6.45) is 3.17. The first-order valence-electron chi connectivity index (χ1n) is 9.54. The van der Waals surface area contributed by atoms with Gasteiger partial charge in [-0.15, -0.1) is 0 Å². The fourth-order valence-electron chi connectivity index (χ4n) is 2.63. The monoisotopic (exact) mass is 409 g/mol.